The first kappa shape index (κ1) is 16.5. The van der Waals surface area contributed by atoms with Gasteiger partial charge in [-0.2, -0.15) is 0 Å². The Morgan fingerprint density at radius 3 is 2.35 bits per heavy atom. The second-order valence-corrected chi connectivity index (χ2v) is 7.91. The number of benzene rings is 1. The number of likely N-dealkylation sites (tertiary alicyclic amines) is 1. The van der Waals surface area contributed by atoms with Crippen LogP contribution in [0.15, 0.2) is 24.3 Å². The molecule has 0 aromatic heterocycles. The van der Waals surface area contributed by atoms with E-state index in [1.165, 1.54) is 24.0 Å². The lowest BCUT2D eigenvalue weighted by molar-refractivity contribution is -0.157. The third kappa shape index (κ3) is 3.03. The molecule has 0 bridgehead atoms. The van der Waals surface area contributed by atoms with Crippen LogP contribution >= 0.6 is 0 Å². The highest BCUT2D eigenvalue weighted by atomic mass is 16.3. The van der Waals surface area contributed by atoms with Crippen LogP contribution in [0.25, 0.3) is 0 Å². The van der Waals surface area contributed by atoms with Gasteiger partial charge in [0, 0.05) is 18.5 Å². The molecule has 1 atom stereocenters. The van der Waals surface area contributed by atoms with Crippen LogP contribution in [0.1, 0.15) is 63.0 Å². The third-order valence-corrected chi connectivity index (χ3v) is 5.86. The number of amides is 1. The number of hydrogen-bond acceptors (Lipinski definition) is 2. The maximum Gasteiger partial charge on any atom is 0.228 e. The van der Waals surface area contributed by atoms with E-state index in [-0.39, 0.29) is 18.4 Å². The summed E-state index contributed by atoms with van der Waals surface area (Å²) in [6, 6.07) is 9.09. The van der Waals surface area contributed by atoms with E-state index in [9.17, 15) is 9.90 Å². The van der Waals surface area contributed by atoms with Crippen molar-refractivity contribution in [2.45, 2.75) is 51.9 Å². The lowest BCUT2D eigenvalue weighted by atomic mass is 9.56. The second kappa shape index (κ2) is 6.27. The van der Waals surface area contributed by atoms with E-state index in [4.69, 9.17) is 0 Å². The molecule has 0 radical (unpaired) electrons. The first-order valence-electron chi connectivity index (χ1n) is 8.97. The van der Waals surface area contributed by atoms with E-state index in [2.05, 4.69) is 38.1 Å². The lowest BCUT2D eigenvalue weighted by Gasteiger charge is -2.59. The predicted octanol–water partition coefficient (Wildman–Crippen LogP) is 3.53. The average molecular weight is 315 g/mol. The summed E-state index contributed by atoms with van der Waals surface area (Å²) in [5, 5.41) is 9.27. The van der Waals surface area contributed by atoms with Crippen LogP contribution in [0, 0.1) is 11.3 Å². The Morgan fingerprint density at radius 1 is 1.26 bits per heavy atom. The van der Waals surface area contributed by atoms with Crippen molar-refractivity contribution in [2.75, 3.05) is 19.7 Å². The first-order valence-corrected chi connectivity index (χ1v) is 8.97. The molecule has 1 saturated heterocycles. The molecular weight excluding hydrogens is 286 g/mol. The molecule has 1 aromatic carbocycles. The smallest absolute Gasteiger partial charge is 0.228 e. The van der Waals surface area contributed by atoms with Gasteiger partial charge in [0.25, 0.3) is 0 Å². The average Bonchev–Trinajstić information content (AvgIpc) is 2.46. The molecular formula is C20H29NO2. The number of carbonyl (C=O) groups excluding carboxylic acids is 1. The molecule has 23 heavy (non-hydrogen) atoms. The Hall–Kier alpha value is -1.35. The fourth-order valence-electron chi connectivity index (χ4n) is 4.19. The molecule has 1 amide bonds. The Morgan fingerprint density at radius 2 is 1.87 bits per heavy atom. The van der Waals surface area contributed by atoms with Crippen molar-refractivity contribution in [2.24, 2.45) is 11.3 Å². The molecule has 0 unspecified atom stereocenters. The van der Waals surface area contributed by atoms with Gasteiger partial charge in [-0.1, -0.05) is 45.0 Å². The van der Waals surface area contributed by atoms with Crippen LogP contribution in [0.5, 0.6) is 0 Å². The van der Waals surface area contributed by atoms with E-state index < -0.39 is 0 Å². The SMILES string of the molecule is CC[C@H](CO)C(=O)N1CC2(CC(c3ccc(C(C)C)cc3)C2)C1. The quantitative estimate of drug-likeness (QED) is 0.903. The minimum absolute atomic E-state index is 0.0241. The van der Waals surface area contributed by atoms with E-state index in [0.29, 0.717) is 17.3 Å². The molecule has 1 saturated carbocycles. The number of carbonyl (C=O) groups is 1. The van der Waals surface area contributed by atoms with Gasteiger partial charge in [-0.05, 0) is 42.2 Å². The van der Waals surface area contributed by atoms with E-state index in [0.717, 1.165) is 19.5 Å². The number of aliphatic hydroxyl groups excluding tert-OH is 1. The van der Waals surface area contributed by atoms with Gasteiger partial charge in [-0.25, -0.2) is 0 Å². The van der Waals surface area contributed by atoms with Crippen molar-refractivity contribution >= 4 is 5.91 Å². The summed E-state index contributed by atoms with van der Waals surface area (Å²) in [6.07, 6.45) is 3.13. The monoisotopic (exact) mass is 315 g/mol. The van der Waals surface area contributed by atoms with Gasteiger partial charge < -0.3 is 10.0 Å². The Labute approximate surface area is 139 Å². The molecule has 1 heterocycles. The highest BCUT2D eigenvalue weighted by molar-refractivity contribution is 5.80. The van der Waals surface area contributed by atoms with E-state index in [1.807, 2.05) is 11.8 Å². The summed E-state index contributed by atoms with van der Waals surface area (Å²) >= 11 is 0. The Balaban J connectivity index is 1.51. The minimum Gasteiger partial charge on any atom is -0.396 e. The Bertz CT molecular complexity index is 546. The predicted molar refractivity (Wildman–Crippen MR) is 92.4 cm³/mol. The van der Waals surface area contributed by atoms with Crippen molar-refractivity contribution in [3.63, 3.8) is 0 Å². The summed E-state index contributed by atoms with van der Waals surface area (Å²) in [7, 11) is 0. The van der Waals surface area contributed by atoms with Crippen LogP contribution in [0.3, 0.4) is 0 Å². The molecule has 3 heteroatoms. The van der Waals surface area contributed by atoms with E-state index >= 15 is 0 Å². The fourth-order valence-corrected chi connectivity index (χ4v) is 4.19. The van der Waals surface area contributed by atoms with Crippen LogP contribution in [-0.4, -0.2) is 35.6 Å². The topological polar surface area (TPSA) is 40.5 Å². The number of rotatable bonds is 5. The highest BCUT2D eigenvalue weighted by Crippen LogP contribution is 2.56. The molecule has 1 spiro atoms. The van der Waals surface area contributed by atoms with Gasteiger partial charge in [-0.15, -0.1) is 0 Å². The van der Waals surface area contributed by atoms with E-state index in [1.54, 1.807) is 0 Å². The fraction of sp³-hybridized carbons (Fsp3) is 0.650. The molecule has 126 valence electrons. The van der Waals surface area contributed by atoms with Crippen LogP contribution in [0.4, 0.5) is 0 Å². The zero-order valence-electron chi connectivity index (χ0n) is 14.6. The molecule has 2 aliphatic rings. The van der Waals surface area contributed by atoms with Crippen LogP contribution in [0.2, 0.25) is 0 Å². The maximum atomic E-state index is 12.2. The van der Waals surface area contributed by atoms with Crippen LogP contribution in [-0.2, 0) is 4.79 Å². The zero-order valence-corrected chi connectivity index (χ0v) is 14.6. The minimum atomic E-state index is -0.202. The lowest BCUT2D eigenvalue weighted by Crippen LogP contribution is -2.64. The molecule has 3 rings (SSSR count). The van der Waals surface area contributed by atoms with Gasteiger partial charge in [0.15, 0.2) is 0 Å². The molecule has 1 N–H and O–H groups in total. The molecule has 2 fully saturated rings. The summed E-state index contributed by atoms with van der Waals surface area (Å²) < 4.78 is 0. The number of nitrogens with zero attached hydrogens (tertiary/aromatic N) is 1. The van der Waals surface area contributed by atoms with Gasteiger partial charge in [0.05, 0.1) is 12.5 Å². The largest absolute Gasteiger partial charge is 0.396 e. The summed E-state index contributed by atoms with van der Waals surface area (Å²) in [4.78, 5) is 14.2. The molecule has 1 aromatic rings. The van der Waals surface area contributed by atoms with Gasteiger partial charge in [0.1, 0.15) is 0 Å². The van der Waals surface area contributed by atoms with Crippen LogP contribution < -0.4 is 0 Å². The van der Waals surface area contributed by atoms with Gasteiger partial charge >= 0.3 is 0 Å². The van der Waals surface area contributed by atoms with Crippen molar-refractivity contribution in [1.82, 2.24) is 4.90 Å². The number of aliphatic hydroxyl groups is 1. The summed E-state index contributed by atoms with van der Waals surface area (Å²) in [5.41, 5.74) is 3.22. The molecule has 1 aliphatic carbocycles. The van der Waals surface area contributed by atoms with Crippen molar-refractivity contribution in [3.05, 3.63) is 35.4 Å². The maximum absolute atomic E-state index is 12.2. The number of hydrogen-bond donors (Lipinski definition) is 1. The third-order valence-electron chi connectivity index (χ3n) is 5.86. The summed E-state index contributed by atoms with van der Waals surface area (Å²) in [6.45, 7) is 8.18. The summed E-state index contributed by atoms with van der Waals surface area (Å²) in [5.74, 6) is 1.19. The molecule has 3 nitrogen and oxygen atoms in total. The van der Waals surface area contributed by atoms with Gasteiger partial charge in [-0.3, -0.25) is 4.79 Å². The second-order valence-electron chi connectivity index (χ2n) is 7.91. The molecule has 1 aliphatic heterocycles. The zero-order chi connectivity index (χ0) is 16.6. The normalized spacial score (nSPS) is 21.2. The van der Waals surface area contributed by atoms with Gasteiger partial charge in [0.2, 0.25) is 5.91 Å². The van der Waals surface area contributed by atoms with Crippen molar-refractivity contribution in [1.29, 1.82) is 0 Å². The Kier molecular flexibility index (Phi) is 4.50. The first-order chi connectivity index (χ1) is 11.0. The van der Waals surface area contributed by atoms with Crippen molar-refractivity contribution in [3.8, 4) is 0 Å². The highest BCUT2D eigenvalue weighted by Gasteiger charge is 2.54. The van der Waals surface area contributed by atoms with Crippen molar-refractivity contribution < 1.29 is 9.90 Å². The standard InChI is InChI=1S/C20H29NO2/c1-4-15(11-22)19(23)21-12-20(13-21)9-18(10-20)17-7-5-16(6-8-17)14(2)3/h5-8,14-15,18,22H,4,9-13H2,1-3H3/t15-/m1/s1.